The first kappa shape index (κ1) is 26.1. The summed E-state index contributed by atoms with van der Waals surface area (Å²) in [5.41, 5.74) is 8.54. The Kier molecular flexibility index (Phi) is 7.04. The fourth-order valence-electron chi connectivity index (χ4n) is 5.23. The molecule has 1 aliphatic carbocycles. The van der Waals surface area contributed by atoms with Gasteiger partial charge in [-0.3, -0.25) is 9.59 Å². The maximum Gasteiger partial charge on any atom is 0.307 e. The van der Waals surface area contributed by atoms with Crippen molar-refractivity contribution in [2.75, 3.05) is 5.32 Å². The van der Waals surface area contributed by atoms with Gasteiger partial charge in [0, 0.05) is 37.9 Å². The number of amides is 2. The molecular formula is C31H27ClN4O3S. The van der Waals surface area contributed by atoms with Crippen LogP contribution in [0.4, 0.5) is 5.69 Å². The van der Waals surface area contributed by atoms with Crippen molar-refractivity contribution in [3.63, 3.8) is 0 Å². The minimum atomic E-state index is -0.455. The van der Waals surface area contributed by atoms with Gasteiger partial charge in [-0.05, 0) is 87.6 Å². The van der Waals surface area contributed by atoms with Crippen molar-refractivity contribution < 1.29 is 14.0 Å². The summed E-state index contributed by atoms with van der Waals surface area (Å²) in [6.07, 6.45) is 5.71. The van der Waals surface area contributed by atoms with Gasteiger partial charge in [0.2, 0.25) is 0 Å². The Labute approximate surface area is 240 Å². The molecule has 0 spiro atoms. The van der Waals surface area contributed by atoms with Crippen LogP contribution in [0.1, 0.15) is 61.1 Å². The van der Waals surface area contributed by atoms with Crippen molar-refractivity contribution in [3.8, 4) is 5.00 Å². The number of nitrogens with one attached hydrogen (secondary N) is 2. The normalized spacial score (nSPS) is 13.1. The zero-order valence-corrected chi connectivity index (χ0v) is 23.7. The van der Waals surface area contributed by atoms with Gasteiger partial charge >= 0.3 is 5.91 Å². The van der Waals surface area contributed by atoms with Crippen LogP contribution >= 0.6 is 22.9 Å². The molecule has 2 aromatic carbocycles. The molecule has 9 heteroatoms. The highest BCUT2D eigenvalue weighted by Crippen LogP contribution is 2.39. The van der Waals surface area contributed by atoms with Crippen LogP contribution in [-0.2, 0) is 12.8 Å². The van der Waals surface area contributed by atoms with Gasteiger partial charge in [-0.15, -0.1) is 11.3 Å². The Morgan fingerprint density at radius 2 is 1.82 bits per heavy atom. The molecule has 0 radical (unpaired) electrons. The quantitative estimate of drug-likeness (QED) is 0.164. The largest absolute Gasteiger partial charge is 0.451 e. The smallest absolute Gasteiger partial charge is 0.307 e. The van der Waals surface area contributed by atoms with Gasteiger partial charge in [-0.1, -0.05) is 29.8 Å². The number of carbonyl (C=O) groups excluding carboxylic acids is 2. The summed E-state index contributed by atoms with van der Waals surface area (Å²) in [5.74, 6) is -0.399. The van der Waals surface area contributed by atoms with Crippen LogP contribution in [0.25, 0.3) is 16.0 Å². The molecule has 0 atom stereocenters. The molecule has 6 rings (SSSR count). The van der Waals surface area contributed by atoms with Crippen molar-refractivity contribution in [1.29, 1.82) is 0 Å². The number of thiophene rings is 1. The lowest BCUT2D eigenvalue weighted by Crippen LogP contribution is -2.17. The molecule has 2 N–H and O–H groups in total. The number of hydrazone groups is 1. The van der Waals surface area contributed by atoms with Gasteiger partial charge in [-0.2, -0.15) is 5.10 Å². The van der Waals surface area contributed by atoms with Crippen LogP contribution in [0.15, 0.2) is 70.2 Å². The van der Waals surface area contributed by atoms with Crippen LogP contribution in [-0.4, -0.2) is 22.6 Å². The Bertz CT molecular complexity index is 1780. The summed E-state index contributed by atoms with van der Waals surface area (Å²) >= 11 is 7.73. The molecule has 202 valence electrons. The topological polar surface area (TPSA) is 88.6 Å². The number of fused-ring (bicyclic) bond motifs is 2. The van der Waals surface area contributed by atoms with E-state index in [0.717, 1.165) is 69.8 Å². The third kappa shape index (κ3) is 4.96. The summed E-state index contributed by atoms with van der Waals surface area (Å²) in [5, 5.41) is 9.52. The number of halogens is 1. The van der Waals surface area contributed by atoms with E-state index in [1.807, 2.05) is 50.2 Å². The summed E-state index contributed by atoms with van der Waals surface area (Å²) in [7, 11) is 0. The molecule has 0 fully saturated rings. The minimum absolute atomic E-state index is 0.0947. The van der Waals surface area contributed by atoms with Gasteiger partial charge < -0.3 is 14.3 Å². The van der Waals surface area contributed by atoms with Crippen molar-refractivity contribution in [1.82, 2.24) is 9.99 Å². The molecule has 0 saturated carbocycles. The number of aromatic nitrogens is 1. The zero-order chi connectivity index (χ0) is 27.8. The summed E-state index contributed by atoms with van der Waals surface area (Å²) < 4.78 is 7.75. The number of benzene rings is 2. The number of anilines is 1. The highest BCUT2D eigenvalue weighted by molar-refractivity contribution is 7.15. The molecule has 1 aliphatic rings. The van der Waals surface area contributed by atoms with E-state index in [1.165, 1.54) is 4.88 Å². The SMILES string of the molecule is Cc1cc(/C=N/NC(=O)c2cc3cc(Cl)ccc3o2)c(C)n1-c1sc2c(c1C(=O)Nc1ccccc1)CCCC2. The minimum Gasteiger partial charge on any atom is -0.451 e. The van der Waals surface area contributed by atoms with Gasteiger partial charge in [0.25, 0.3) is 5.91 Å². The van der Waals surface area contributed by atoms with Crippen molar-refractivity contribution in [3.05, 3.63) is 104 Å². The number of carbonyl (C=O) groups is 2. The van der Waals surface area contributed by atoms with E-state index < -0.39 is 5.91 Å². The first-order valence-electron chi connectivity index (χ1n) is 13.1. The Balaban J connectivity index is 1.28. The average Bonchev–Trinajstić information content (AvgIpc) is 3.61. The Morgan fingerprint density at radius 3 is 2.65 bits per heavy atom. The van der Waals surface area contributed by atoms with Crippen LogP contribution in [0.3, 0.4) is 0 Å². The Hall–Kier alpha value is -4.14. The monoisotopic (exact) mass is 570 g/mol. The first-order valence-corrected chi connectivity index (χ1v) is 14.3. The average molecular weight is 571 g/mol. The van der Waals surface area contributed by atoms with Crippen LogP contribution < -0.4 is 10.7 Å². The van der Waals surface area contributed by atoms with E-state index >= 15 is 0 Å². The molecule has 0 aliphatic heterocycles. The fraction of sp³-hybridized carbons (Fsp3) is 0.194. The second kappa shape index (κ2) is 10.8. The number of nitrogens with zero attached hydrogens (tertiary/aromatic N) is 2. The first-order chi connectivity index (χ1) is 19.4. The maximum absolute atomic E-state index is 13.6. The van der Waals surface area contributed by atoms with E-state index in [4.69, 9.17) is 16.0 Å². The van der Waals surface area contributed by atoms with E-state index in [9.17, 15) is 9.59 Å². The maximum atomic E-state index is 13.6. The third-order valence-corrected chi connectivity index (χ3v) is 8.67. The number of aryl methyl sites for hydroxylation is 2. The standard InChI is InChI=1S/C31H27ClN4O3S/c1-18-14-21(17-33-35-29(37)26-16-20-15-22(32)12-13-25(20)39-26)19(2)36(18)31-28(24-10-6-7-11-27(24)40-31)30(38)34-23-8-4-3-5-9-23/h3-5,8-9,12-17H,6-7,10-11H2,1-2H3,(H,34,38)(H,35,37)/b33-17+. The van der Waals surface area contributed by atoms with E-state index in [-0.39, 0.29) is 11.7 Å². The molecule has 3 aromatic heterocycles. The highest BCUT2D eigenvalue weighted by Gasteiger charge is 2.28. The number of hydrogen-bond donors (Lipinski definition) is 2. The molecule has 0 bridgehead atoms. The van der Waals surface area contributed by atoms with Crippen molar-refractivity contribution >= 4 is 57.6 Å². The lowest BCUT2D eigenvalue weighted by atomic mass is 9.95. The van der Waals surface area contributed by atoms with E-state index in [0.29, 0.717) is 10.6 Å². The molecule has 0 unspecified atom stereocenters. The molecule has 2 amide bonds. The third-order valence-electron chi connectivity index (χ3n) is 7.16. The molecular weight excluding hydrogens is 544 g/mol. The van der Waals surface area contributed by atoms with Gasteiger partial charge in [0.05, 0.1) is 11.8 Å². The second-order valence-corrected chi connectivity index (χ2v) is 11.4. The Morgan fingerprint density at radius 1 is 1.02 bits per heavy atom. The van der Waals surface area contributed by atoms with Crippen LogP contribution in [0.2, 0.25) is 5.02 Å². The van der Waals surface area contributed by atoms with Gasteiger partial charge in [0.15, 0.2) is 5.76 Å². The van der Waals surface area contributed by atoms with Crippen LogP contribution in [0, 0.1) is 13.8 Å². The van der Waals surface area contributed by atoms with E-state index in [1.54, 1.807) is 41.8 Å². The lowest BCUT2D eigenvalue weighted by Gasteiger charge is -2.14. The second-order valence-electron chi connectivity index (χ2n) is 9.87. The van der Waals surface area contributed by atoms with E-state index in [2.05, 4.69) is 20.4 Å². The predicted octanol–water partition coefficient (Wildman–Crippen LogP) is 7.45. The van der Waals surface area contributed by atoms with Gasteiger partial charge in [-0.25, -0.2) is 5.43 Å². The van der Waals surface area contributed by atoms with Crippen molar-refractivity contribution in [2.24, 2.45) is 5.10 Å². The molecule has 3 heterocycles. The molecule has 0 saturated heterocycles. The molecule has 7 nitrogen and oxygen atoms in total. The highest BCUT2D eigenvalue weighted by atomic mass is 35.5. The van der Waals surface area contributed by atoms with Gasteiger partial charge in [0.1, 0.15) is 10.6 Å². The molecule has 5 aromatic rings. The number of rotatable bonds is 6. The predicted molar refractivity (Wildman–Crippen MR) is 160 cm³/mol. The molecule has 40 heavy (non-hydrogen) atoms. The lowest BCUT2D eigenvalue weighted by molar-refractivity contribution is 0.0929. The fourth-order valence-corrected chi connectivity index (χ4v) is 6.91. The number of para-hydroxylation sites is 1. The zero-order valence-electron chi connectivity index (χ0n) is 22.1. The summed E-state index contributed by atoms with van der Waals surface area (Å²) in [6, 6.07) is 18.4. The van der Waals surface area contributed by atoms with Crippen molar-refractivity contribution in [2.45, 2.75) is 39.5 Å². The number of hydrogen-bond acceptors (Lipinski definition) is 5. The summed E-state index contributed by atoms with van der Waals surface area (Å²) in [4.78, 5) is 27.6. The summed E-state index contributed by atoms with van der Waals surface area (Å²) in [6.45, 7) is 4.01. The number of furan rings is 1. The van der Waals surface area contributed by atoms with Crippen LogP contribution in [0.5, 0.6) is 0 Å².